The van der Waals surface area contributed by atoms with Crippen molar-refractivity contribution in [1.82, 2.24) is 51.6 Å². The average molecular weight is 591 g/mol. The van der Waals surface area contributed by atoms with Crippen LogP contribution in [0.15, 0.2) is 12.1 Å². The first-order chi connectivity index (χ1) is 20.3. The molecular formula is C29H51FN10O2. The van der Waals surface area contributed by atoms with Crippen LogP contribution in [-0.2, 0) is 23.1 Å². The van der Waals surface area contributed by atoms with Crippen LogP contribution < -0.4 is 32.1 Å². The van der Waals surface area contributed by atoms with E-state index in [4.69, 9.17) is 9.47 Å². The van der Waals surface area contributed by atoms with E-state index in [0.29, 0.717) is 43.6 Å². The van der Waals surface area contributed by atoms with Gasteiger partial charge in [-0.2, -0.15) is 0 Å². The highest BCUT2D eigenvalue weighted by Gasteiger charge is 2.49. The summed E-state index contributed by atoms with van der Waals surface area (Å²) >= 11 is 0. The minimum Gasteiger partial charge on any atom is -0.381 e. The molecule has 1 aromatic rings. The van der Waals surface area contributed by atoms with Crippen molar-refractivity contribution in [3.8, 4) is 0 Å². The van der Waals surface area contributed by atoms with Gasteiger partial charge in [0, 0.05) is 89.2 Å². The molecule has 236 valence electrons. The van der Waals surface area contributed by atoms with Gasteiger partial charge < -0.3 is 24.7 Å². The molecule has 0 amide bonds. The highest BCUT2D eigenvalue weighted by molar-refractivity contribution is 5.23. The molecule has 0 saturated carbocycles. The number of hydrazine groups is 2. The minimum atomic E-state index is -1.21. The minimum absolute atomic E-state index is 0.0267. The second-order valence-electron chi connectivity index (χ2n) is 13.6. The Labute approximate surface area is 249 Å². The van der Waals surface area contributed by atoms with Crippen LogP contribution in [0.1, 0.15) is 43.6 Å². The third kappa shape index (κ3) is 5.56. The molecule has 6 fully saturated rings. The summed E-state index contributed by atoms with van der Waals surface area (Å²) in [5.41, 5.74) is 8.78. The Morgan fingerprint density at radius 1 is 1.07 bits per heavy atom. The molecule has 6 aliphatic rings. The molecule has 4 bridgehead atoms. The Hall–Kier alpha value is -1.23. The number of hydrogen-bond donors (Lipinski definition) is 6. The van der Waals surface area contributed by atoms with E-state index in [-0.39, 0.29) is 37.4 Å². The number of hydrogen-bond acceptors (Lipinski definition) is 11. The molecule has 7 rings (SSSR count). The van der Waals surface area contributed by atoms with E-state index in [1.807, 2.05) is 0 Å². The molecular weight excluding hydrogens is 539 g/mol. The number of likely N-dealkylation sites (tertiary alicyclic amines) is 1. The van der Waals surface area contributed by atoms with E-state index >= 15 is 0 Å². The van der Waals surface area contributed by atoms with Crippen LogP contribution >= 0.6 is 0 Å². The summed E-state index contributed by atoms with van der Waals surface area (Å²) in [6.07, 6.45) is 3.77. The van der Waals surface area contributed by atoms with E-state index in [0.717, 1.165) is 45.4 Å². The third-order valence-electron chi connectivity index (χ3n) is 10.7. The van der Waals surface area contributed by atoms with Gasteiger partial charge in [0.2, 0.25) is 0 Å². The fourth-order valence-corrected chi connectivity index (χ4v) is 8.42. The molecule has 12 nitrogen and oxygen atoms in total. The molecule has 7 heterocycles. The van der Waals surface area contributed by atoms with Crippen LogP contribution in [0.2, 0.25) is 0 Å². The highest BCUT2D eigenvalue weighted by atomic mass is 19.1. The van der Waals surface area contributed by atoms with E-state index in [2.05, 4.69) is 84.8 Å². The summed E-state index contributed by atoms with van der Waals surface area (Å²) in [4.78, 5) is 2.17. The zero-order valence-electron chi connectivity index (χ0n) is 25.6. The maximum Gasteiger partial charge on any atom is 0.159 e. The normalized spacial score (nSPS) is 41.3. The third-order valence-corrected chi connectivity index (χ3v) is 10.7. The summed E-state index contributed by atoms with van der Waals surface area (Å²) in [6.45, 7) is 7.66. The zero-order valence-corrected chi connectivity index (χ0v) is 25.6. The molecule has 1 aromatic heterocycles. The number of rotatable bonds is 5. The van der Waals surface area contributed by atoms with Crippen molar-refractivity contribution in [2.24, 2.45) is 18.9 Å². The van der Waals surface area contributed by atoms with Crippen molar-refractivity contribution in [2.45, 2.75) is 81.3 Å². The maximum absolute atomic E-state index is 14.7. The standard InChI is InChI=1S/C29H51FN10O2/c1-18-8-10-42-28-21(13-33-38(28)3)27-31-9-7-24(35-27)34-25-11-23-20(12-32-25)26(36-40(18)23)22-6-5-19(37(22)2)14-39-15-29(30,16-39)17-41-4/h5-6,18,20-21,23-28,31-36H,7-17H2,1-4H3/t18-,20?,21?,23?,24?,25?,26?,27?,28?/m0/s1. The summed E-state index contributed by atoms with van der Waals surface area (Å²) < 4.78 is 28.6. The molecule has 42 heavy (non-hydrogen) atoms. The van der Waals surface area contributed by atoms with Gasteiger partial charge in [0.15, 0.2) is 5.67 Å². The fourth-order valence-electron chi connectivity index (χ4n) is 8.42. The van der Waals surface area contributed by atoms with Crippen LogP contribution in [0, 0.1) is 11.8 Å². The van der Waals surface area contributed by atoms with E-state index in [1.165, 1.54) is 11.4 Å². The fraction of sp³-hybridized carbons (Fsp3) is 0.862. The van der Waals surface area contributed by atoms with Gasteiger partial charge in [-0.25, -0.2) is 19.8 Å². The first-order valence-corrected chi connectivity index (χ1v) is 16.0. The van der Waals surface area contributed by atoms with Crippen molar-refractivity contribution in [2.75, 3.05) is 60.1 Å². The highest BCUT2D eigenvalue weighted by Crippen LogP contribution is 2.40. The number of ether oxygens (including phenoxy) is 2. The smallest absolute Gasteiger partial charge is 0.159 e. The van der Waals surface area contributed by atoms with Crippen molar-refractivity contribution in [3.05, 3.63) is 23.5 Å². The molecule has 0 spiro atoms. The second kappa shape index (κ2) is 11.9. The van der Waals surface area contributed by atoms with Crippen LogP contribution in [0.5, 0.6) is 0 Å². The van der Waals surface area contributed by atoms with E-state index in [1.54, 1.807) is 7.11 Å². The monoisotopic (exact) mass is 590 g/mol. The number of piperidine rings is 1. The lowest BCUT2D eigenvalue weighted by molar-refractivity contribution is -0.0813. The van der Waals surface area contributed by atoms with Crippen molar-refractivity contribution in [1.29, 1.82) is 0 Å². The molecule has 0 aromatic carbocycles. The van der Waals surface area contributed by atoms with Crippen molar-refractivity contribution >= 4 is 0 Å². The maximum atomic E-state index is 14.7. The molecule has 9 atom stereocenters. The van der Waals surface area contributed by atoms with Gasteiger partial charge >= 0.3 is 0 Å². The first-order valence-electron chi connectivity index (χ1n) is 16.0. The van der Waals surface area contributed by atoms with Crippen LogP contribution in [-0.4, -0.2) is 122 Å². The van der Waals surface area contributed by atoms with Crippen LogP contribution in [0.4, 0.5) is 4.39 Å². The van der Waals surface area contributed by atoms with Crippen molar-refractivity contribution < 1.29 is 13.9 Å². The Morgan fingerprint density at radius 3 is 2.76 bits per heavy atom. The van der Waals surface area contributed by atoms with Crippen LogP contribution in [0.25, 0.3) is 0 Å². The number of aromatic nitrogens is 1. The second-order valence-corrected chi connectivity index (χ2v) is 13.6. The SMILES string of the molecule is COCC1(F)CN(Cc2ccc(C3NN4C5CC(NCC35)NC3CCNC(N3)C3CNN(C)C3OCC[C@@H]4C)n2C)C1. The average Bonchev–Trinajstić information content (AvgIpc) is 3.62. The van der Waals surface area contributed by atoms with Gasteiger partial charge in [0.25, 0.3) is 0 Å². The van der Waals surface area contributed by atoms with Gasteiger partial charge in [-0.15, -0.1) is 0 Å². The summed E-state index contributed by atoms with van der Waals surface area (Å²) in [6, 6.07) is 5.44. The topological polar surface area (TPSA) is 105 Å². The lowest BCUT2D eigenvalue weighted by atomic mass is 9.85. The number of methoxy groups -OCH3 is 1. The molecule has 6 aliphatic heterocycles. The molecule has 13 heteroatoms. The van der Waals surface area contributed by atoms with E-state index < -0.39 is 5.67 Å². The lowest BCUT2D eigenvalue weighted by Gasteiger charge is -2.44. The number of nitrogens with one attached hydrogen (secondary N) is 6. The van der Waals surface area contributed by atoms with Crippen LogP contribution in [0.3, 0.4) is 0 Å². The molecule has 6 saturated heterocycles. The Kier molecular flexibility index (Phi) is 8.38. The Morgan fingerprint density at radius 2 is 1.93 bits per heavy atom. The number of alkyl halides is 1. The largest absolute Gasteiger partial charge is 0.381 e. The van der Waals surface area contributed by atoms with Crippen molar-refractivity contribution in [3.63, 3.8) is 0 Å². The molecule has 8 unspecified atom stereocenters. The molecule has 6 N–H and O–H groups in total. The van der Waals surface area contributed by atoms with Gasteiger partial charge in [-0.05, 0) is 44.9 Å². The van der Waals surface area contributed by atoms with E-state index in [9.17, 15) is 4.39 Å². The van der Waals surface area contributed by atoms with Gasteiger partial charge in [0.1, 0.15) is 6.23 Å². The number of nitrogens with zero attached hydrogens (tertiary/aromatic N) is 4. The summed E-state index contributed by atoms with van der Waals surface area (Å²) in [5.74, 6) is 0.765. The number of fused-ring (bicyclic) bond motifs is 5. The Bertz CT molecular complexity index is 1090. The summed E-state index contributed by atoms with van der Waals surface area (Å²) in [7, 11) is 5.82. The first kappa shape index (κ1) is 29.5. The summed E-state index contributed by atoms with van der Waals surface area (Å²) in [5, 5.41) is 20.0. The predicted molar refractivity (Wildman–Crippen MR) is 157 cm³/mol. The van der Waals surface area contributed by atoms with Gasteiger partial charge in [-0.3, -0.25) is 21.0 Å². The zero-order chi connectivity index (χ0) is 29.0. The molecule has 0 radical (unpaired) electrons. The quantitative estimate of drug-likeness (QED) is 0.265. The molecule has 0 aliphatic carbocycles. The predicted octanol–water partition coefficient (Wildman–Crippen LogP) is -0.613. The van der Waals surface area contributed by atoms with Gasteiger partial charge in [-0.1, -0.05) is 0 Å². The Balaban J connectivity index is 1.08. The van der Waals surface area contributed by atoms with Gasteiger partial charge in [0.05, 0.1) is 37.8 Å². The lowest BCUT2D eigenvalue weighted by Crippen LogP contribution is -2.67. The number of halogens is 1.